The first-order chi connectivity index (χ1) is 8.95. The van der Waals surface area contributed by atoms with Crippen LogP contribution in [0.5, 0.6) is 0 Å². The Morgan fingerprint density at radius 3 is 2.83 bits per heavy atom. The Morgan fingerprint density at radius 1 is 1.22 bits per heavy atom. The van der Waals surface area contributed by atoms with E-state index in [0.717, 1.165) is 39.3 Å². The maximum absolute atomic E-state index is 5.74. The zero-order valence-electron chi connectivity index (χ0n) is 10.8. The van der Waals surface area contributed by atoms with Gasteiger partial charge in [0.25, 0.3) is 0 Å². The molecule has 1 heterocycles. The second kappa shape index (κ2) is 8.42. The molecule has 4 heteroatoms. The molecule has 2 rings (SSSR count). The average Bonchev–Trinajstić information content (AvgIpc) is 3.22. The molecule has 0 bridgehead atoms. The van der Waals surface area contributed by atoms with Crippen LogP contribution < -0.4 is 0 Å². The van der Waals surface area contributed by atoms with E-state index < -0.39 is 0 Å². The molecular weight excluding hydrogens is 244 g/mol. The van der Waals surface area contributed by atoms with E-state index in [1.165, 1.54) is 11.6 Å². The maximum atomic E-state index is 5.74. The minimum atomic E-state index is -0.348. The predicted molar refractivity (Wildman–Crippen MR) is 74.6 cm³/mol. The van der Waals surface area contributed by atoms with E-state index in [9.17, 15) is 0 Å². The van der Waals surface area contributed by atoms with E-state index in [4.69, 9.17) is 13.9 Å². The summed E-state index contributed by atoms with van der Waals surface area (Å²) in [6.07, 6.45) is 2.55. The van der Waals surface area contributed by atoms with E-state index in [1.54, 1.807) is 0 Å². The first kappa shape index (κ1) is 13.7. The van der Waals surface area contributed by atoms with Gasteiger partial charge in [-0.25, -0.2) is 0 Å². The van der Waals surface area contributed by atoms with Crippen molar-refractivity contribution in [1.82, 2.24) is 0 Å². The van der Waals surface area contributed by atoms with Crippen molar-refractivity contribution in [2.24, 2.45) is 0 Å². The van der Waals surface area contributed by atoms with Crippen LogP contribution in [0.2, 0.25) is 6.04 Å². The summed E-state index contributed by atoms with van der Waals surface area (Å²) in [6.45, 7) is 3.38. The van der Waals surface area contributed by atoms with Crippen molar-refractivity contribution in [2.75, 3.05) is 26.4 Å². The summed E-state index contributed by atoms with van der Waals surface area (Å²) in [7, 11) is -0.348. The Balaban J connectivity index is 1.35. The van der Waals surface area contributed by atoms with E-state index in [2.05, 4.69) is 24.3 Å². The van der Waals surface area contributed by atoms with Crippen molar-refractivity contribution in [3.05, 3.63) is 35.9 Å². The highest BCUT2D eigenvalue weighted by Crippen LogP contribution is 2.08. The third-order valence-corrected chi connectivity index (χ3v) is 4.28. The largest absolute Gasteiger partial charge is 0.424 e. The average molecular weight is 266 g/mol. The van der Waals surface area contributed by atoms with Crippen molar-refractivity contribution < 1.29 is 13.9 Å². The lowest BCUT2D eigenvalue weighted by Gasteiger charge is -2.04. The lowest BCUT2D eigenvalue weighted by molar-refractivity contribution is 0.116. The van der Waals surface area contributed by atoms with Gasteiger partial charge in [0.15, 0.2) is 9.76 Å². The molecule has 1 aliphatic rings. The van der Waals surface area contributed by atoms with E-state index in [-0.39, 0.29) is 9.76 Å². The Morgan fingerprint density at radius 2 is 2.06 bits per heavy atom. The van der Waals surface area contributed by atoms with Gasteiger partial charge in [0.05, 0.1) is 13.2 Å². The molecule has 0 saturated carbocycles. The summed E-state index contributed by atoms with van der Waals surface area (Å²) < 4.78 is 16.3. The number of rotatable bonds is 10. The topological polar surface area (TPSA) is 31.0 Å². The van der Waals surface area contributed by atoms with Gasteiger partial charge in [0.1, 0.15) is 6.10 Å². The van der Waals surface area contributed by atoms with Gasteiger partial charge in [0, 0.05) is 13.2 Å². The van der Waals surface area contributed by atoms with Gasteiger partial charge >= 0.3 is 0 Å². The highest BCUT2D eigenvalue weighted by molar-refractivity contribution is 6.26. The molecule has 18 heavy (non-hydrogen) atoms. The first-order valence-electron chi connectivity index (χ1n) is 6.76. The molecule has 0 N–H and O–H groups in total. The van der Waals surface area contributed by atoms with E-state index in [0.29, 0.717) is 6.10 Å². The monoisotopic (exact) mass is 266 g/mol. The van der Waals surface area contributed by atoms with E-state index >= 15 is 0 Å². The molecule has 1 aromatic carbocycles. The van der Waals surface area contributed by atoms with Gasteiger partial charge in [-0.05, 0) is 24.4 Å². The SMILES string of the molecule is c1ccc(CCO[SiH2]CCCOCC2CO2)cc1. The Hall–Kier alpha value is -0.683. The van der Waals surface area contributed by atoms with Crippen molar-refractivity contribution in [3.63, 3.8) is 0 Å². The van der Waals surface area contributed by atoms with Crippen LogP contribution in [0.1, 0.15) is 12.0 Å². The second-order valence-corrected chi connectivity index (χ2v) is 6.11. The molecule has 3 nitrogen and oxygen atoms in total. The fourth-order valence-corrected chi connectivity index (χ4v) is 2.68. The summed E-state index contributed by atoms with van der Waals surface area (Å²) in [5.74, 6) is 0. The lowest BCUT2D eigenvalue weighted by Crippen LogP contribution is -2.06. The number of ether oxygens (including phenoxy) is 2. The Kier molecular flexibility index (Phi) is 6.43. The van der Waals surface area contributed by atoms with Crippen LogP contribution in [-0.4, -0.2) is 42.3 Å². The molecule has 1 aromatic rings. The summed E-state index contributed by atoms with van der Waals surface area (Å²) >= 11 is 0. The van der Waals surface area contributed by atoms with Gasteiger partial charge in [0.2, 0.25) is 0 Å². The molecule has 0 aromatic heterocycles. The zero-order valence-corrected chi connectivity index (χ0v) is 12.3. The quantitative estimate of drug-likeness (QED) is 0.366. The standard InChI is InChI=1S/C14H22O3Si/c1-2-5-13(6-3-1)7-9-17-18-10-4-8-15-11-14-12-16-14/h1-3,5-6,14H,4,7-12,18H2. The molecule has 1 unspecified atom stereocenters. The van der Waals surface area contributed by atoms with Crippen LogP contribution in [-0.2, 0) is 20.3 Å². The van der Waals surface area contributed by atoms with Crippen LogP contribution in [0.3, 0.4) is 0 Å². The lowest BCUT2D eigenvalue weighted by atomic mass is 10.2. The number of epoxide rings is 1. The highest BCUT2D eigenvalue weighted by Gasteiger charge is 2.21. The summed E-state index contributed by atoms with van der Waals surface area (Å²) in [5, 5.41) is 0. The Bertz CT molecular complexity index is 314. The van der Waals surface area contributed by atoms with Crippen LogP contribution >= 0.6 is 0 Å². The van der Waals surface area contributed by atoms with Gasteiger partial charge in [-0.15, -0.1) is 0 Å². The molecule has 1 fully saturated rings. The molecule has 0 aliphatic carbocycles. The van der Waals surface area contributed by atoms with Crippen LogP contribution in [0, 0.1) is 0 Å². The van der Waals surface area contributed by atoms with Crippen molar-refractivity contribution >= 4 is 9.76 Å². The molecule has 100 valence electrons. The zero-order chi connectivity index (χ0) is 12.5. The third kappa shape index (κ3) is 6.30. The third-order valence-electron chi connectivity index (χ3n) is 2.91. The summed E-state index contributed by atoms with van der Waals surface area (Å²) in [4.78, 5) is 0. The molecule has 1 saturated heterocycles. The van der Waals surface area contributed by atoms with Crippen molar-refractivity contribution in [2.45, 2.75) is 25.0 Å². The van der Waals surface area contributed by atoms with Gasteiger partial charge in [-0.1, -0.05) is 30.3 Å². The van der Waals surface area contributed by atoms with Crippen molar-refractivity contribution in [1.29, 1.82) is 0 Å². The first-order valence-corrected chi connectivity index (χ1v) is 8.34. The fraction of sp³-hybridized carbons (Fsp3) is 0.571. The van der Waals surface area contributed by atoms with Gasteiger partial charge in [-0.2, -0.15) is 0 Å². The number of hydrogen-bond acceptors (Lipinski definition) is 3. The number of hydrogen-bond donors (Lipinski definition) is 0. The molecule has 0 amide bonds. The van der Waals surface area contributed by atoms with Crippen LogP contribution in [0.4, 0.5) is 0 Å². The molecular formula is C14H22O3Si. The summed E-state index contributed by atoms with van der Waals surface area (Å²) in [6, 6.07) is 11.7. The normalized spacial score (nSPS) is 18.6. The molecule has 1 aliphatic heterocycles. The predicted octanol–water partition coefficient (Wildman–Crippen LogP) is 1.55. The Labute approximate surface area is 111 Å². The summed E-state index contributed by atoms with van der Waals surface area (Å²) in [5.41, 5.74) is 1.36. The minimum absolute atomic E-state index is 0.348. The van der Waals surface area contributed by atoms with Gasteiger partial charge in [-0.3, -0.25) is 0 Å². The second-order valence-electron chi connectivity index (χ2n) is 4.59. The van der Waals surface area contributed by atoms with Gasteiger partial charge < -0.3 is 13.9 Å². The van der Waals surface area contributed by atoms with Crippen LogP contribution in [0.15, 0.2) is 30.3 Å². The van der Waals surface area contributed by atoms with Crippen molar-refractivity contribution in [3.8, 4) is 0 Å². The molecule has 0 radical (unpaired) electrons. The molecule has 0 spiro atoms. The van der Waals surface area contributed by atoms with E-state index in [1.807, 2.05) is 6.07 Å². The highest BCUT2D eigenvalue weighted by atomic mass is 28.2. The maximum Gasteiger partial charge on any atom is 0.161 e. The fourth-order valence-electron chi connectivity index (χ4n) is 1.72. The smallest absolute Gasteiger partial charge is 0.161 e. The molecule has 1 atom stereocenters. The minimum Gasteiger partial charge on any atom is -0.424 e. The number of benzene rings is 1. The van der Waals surface area contributed by atoms with Crippen LogP contribution in [0.25, 0.3) is 0 Å².